The number of fused-ring (bicyclic) bond motifs is 1. The average molecular weight is 326 g/mol. The predicted molar refractivity (Wildman–Crippen MR) is 78.2 cm³/mol. The Morgan fingerprint density at radius 1 is 1.43 bits per heavy atom. The van der Waals surface area contributed by atoms with E-state index in [9.17, 15) is 19.5 Å². The zero-order chi connectivity index (χ0) is 15.4. The number of benzene rings is 1. The first kappa shape index (κ1) is 14.6. The van der Waals surface area contributed by atoms with E-state index in [0.717, 1.165) is 4.90 Å². The van der Waals surface area contributed by atoms with Gasteiger partial charge in [-0.25, -0.2) is 0 Å². The van der Waals surface area contributed by atoms with Gasteiger partial charge in [-0.2, -0.15) is 0 Å². The van der Waals surface area contributed by atoms with Crippen molar-refractivity contribution in [2.24, 2.45) is 0 Å². The standard InChI is InChI=1S/C14H12ClNO4S/c1-2-16-12(18)11(21-13(16)19)14(20)9-6-8(15)4-3-7(9)5-10(14)17/h3-4,6,11,20H,2,5H2,1H3. The summed E-state index contributed by atoms with van der Waals surface area (Å²) >= 11 is 6.63. The van der Waals surface area contributed by atoms with Crippen LogP contribution in [0.15, 0.2) is 18.2 Å². The highest BCUT2D eigenvalue weighted by molar-refractivity contribution is 8.15. The van der Waals surface area contributed by atoms with Crippen molar-refractivity contribution >= 4 is 40.3 Å². The lowest BCUT2D eigenvalue weighted by Gasteiger charge is -2.26. The van der Waals surface area contributed by atoms with E-state index in [4.69, 9.17) is 11.6 Å². The Hall–Kier alpha value is -1.37. The van der Waals surface area contributed by atoms with Crippen LogP contribution < -0.4 is 0 Å². The van der Waals surface area contributed by atoms with E-state index in [1.54, 1.807) is 19.1 Å². The van der Waals surface area contributed by atoms with E-state index in [-0.39, 0.29) is 13.0 Å². The lowest BCUT2D eigenvalue weighted by molar-refractivity contribution is -0.143. The first-order chi connectivity index (χ1) is 9.89. The molecule has 7 heteroatoms. The second-order valence-electron chi connectivity index (χ2n) is 5.01. The average Bonchev–Trinajstić information content (AvgIpc) is 2.87. The highest BCUT2D eigenvalue weighted by Gasteiger charge is 2.58. The van der Waals surface area contributed by atoms with Crippen molar-refractivity contribution in [3.05, 3.63) is 34.3 Å². The number of carbonyl (C=O) groups is 3. The van der Waals surface area contributed by atoms with Gasteiger partial charge in [-0.15, -0.1) is 0 Å². The van der Waals surface area contributed by atoms with Gasteiger partial charge in [0.25, 0.3) is 5.24 Å². The molecule has 0 radical (unpaired) electrons. The maximum atomic E-state index is 12.3. The summed E-state index contributed by atoms with van der Waals surface area (Å²) in [4.78, 5) is 37.5. The molecule has 1 saturated heterocycles. The van der Waals surface area contributed by atoms with Crippen LogP contribution >= 0.6 is 23.4 Å². The van der Waals surface area contributed by atoms with Gasteiger partial charge in [0.15, 0.2) is 11.4 Å². The van der Waals surface area contributed by atoms with Crippen LogP contribution in [0, 0.1) is 0 Å². The van der Waals surface area contributed by atoms with Gasteiger partial charge in [0.1, 0.15) is 5.25 Å². The van der Waals surface area contributed by atoms with E-state index >= 15 is 0 Å². The molecule has 0 spiro atoms. The summed E-state index contributed by atoms with van der Waals surface area (Å²) in [6, 6.07) is 4.79. The second-order valence-corrected chi connectivity index (χ2v) is 6.51. The molecule has 3 rings (SSSR count). The summed E-state index contributed by atoms with van der Waals surface area (Å²) < 4.78 is 0. The molecule has 2 atom stereocenters. The Balaban J connectivity index is 2.10. The van der Waals surface area contributed by atoms with Crippen LogP contribution in [0.25, 0.3) is 0 Å². The molecule has 2 amide bonds. The van der Waals surface area contributed by atoms with Crippen LogP contribution in [0.1, 0.15) is 18.1 Å². The fourth-order valence-electron chi connectivity index (χ4n) is 2.80. The van der Waals surface area contributed by atoms with Crippen molar-refractivity contribution < 1.29 is 19.5 Å². The van der Waals surface area contributed by atoms with Crippen LogP contribution in [0.4, 0.5) is 4.79 Å². The number of ketones is 1. The molecule has 1 aromatic rings. The zero-order valence-corrected chi connectivity index (χ0v) is 12.7. The monoisotopic (exact) mass is 325 g/mol. The van der Waals surface area contributed by atoms with Crippen LogP contribution in [0.3, 0.4) is 0 Å². The molecule has 1 aliphatic heterocycles. The van der Waals surface area contributed by atoms with Gasteiger partial charge < -0.3 is 5.11 Å². The number of thioether (sulfide) groups is 1. The van der Waals surface area contributed by atoms with Crippen molar-refractivity contribution in [2.75, 3.05) is 6.54 Å². The number of hydrogen-bond donors (Lipinski definition) is 1. The number of hydrogen-bond acceptors (Lipinski definition) is 5. The third-order valence-electron chi connectivity index (χ3n) is 3.88. The molecule has 0 saturated carbocycles. The second kappa shape index (κ2) is 4.83. The molecular formula is C14H12ClNO4S. The highest BCUT2D eigenvalue weighted by Crippen LogP contribution is 2.46. The number of halogens is 1. The number of carbonyl (C=O) groups excluding carboxylic acids is 3. The maximum Gasteiger partial charge on any atom is 0.289 e. The SMILES string of the molecule is CCN1C(=O)SC(C2(O)C(=O)Cc3ccc(Cl)cc32)C1=O. The normalized spacial score (nSPS) is 28.4. The van der Waals surface area contributed by atoms with E-state index in [1.165, 1.54) is 6.07 Å². The van der Waals surface area contributed by atoms with Crippen molar-refractivity contribution in [3.8, 4) is 0 Å². The molecule has 110 valence electrons. The summed E-state index contributed by atoms with van der Waals surface area (Å²) in [5.41, 5.74) is -1.01. The number of aliphatic hydroxyl groups is 1. The van der Waals surface area contributed by atoms with Crippen LogP contribution in [-0.4, -0.2) is 38.7 Å². The van der Waals surface area contributed by atoms with E-state index in [0.29, 0.717) is 27.9 Å². The maximum absolute atomic E-state index is 12.3. The number of amides is 2. The van der Waals surface area contributed by atoms with Crippen molar-refractivity contribution in [3.63, 3.8) is 0 Å². The Morgan fingerprint density at radius 3 is 2.76 bits per heavy atom. The number of nitrogens with zero attached hydrogens (tertiary/aromatic N) is 1. The van der Waals surface area contributed by atoms with Gasteiger partial charge in [0.05, 0.1) is 0 Å². The first-order valence-corrected chi connectivity index (χ1v) is 7.72. The van der Waals surface area contributed by atoms with Crippen molar-refractivity contribution in [1.29, 1.82) is 0 Å². The molecule has 0 bridgehead atoms. The molecule has 2 unspecified atom stereocenters. The molecule has 2 aliphatic rings. The summed E-state index contributed by atoms with van der Waals surface area (Å²) in [6.45, 7) is 1.89. The fraction of sp³-hybridized carbons (Fsp3) is 0.357. The van der Waals surface area contributed by atoms with Crippen LogP contribution in [-0.2, 0) is 21.6 Å². The highest BCUT2D eigenvalue weighted by atomic mass is 35.5. The molecule has 1 fully saturated rings. The van der Waals surface area contributed by atoms with E-state index < -0.39 is 27.8 Å². The lowest BCUT2D eigenvalue weighted by Crippen LogP contribution is -2.47. The largest absolute Gasteiger partial charge is 0.376 e. The van der Waals surface area contributed by atoms with Gasteiger partial charge in [-0.1, -0.05) is 17.7 Å². The first-order valence-electron chi connectivity index (χ1n) is 6.46. The smallest absolute Gasteiger partial charge is 0.289 e. The molecular weight excluding hydrogens is 314 g/mol. The van der Waals surface area contributed by atoms with Crippen LogP contribution in [0.5, 0.6) is 0 Å². The predicted octanol–water partition coefficient (Wildman–Crippen LogP) is 1.74. The number of imide groups is 1. The summed E-state index contributed by atoms with van der Waals surface area (Å²) in [5, 5.41) is 9.70. The number of rotatable bonds is 2. The summed E-state index contributed by atoms with van der Waals surface area (Å²) in [7, 11) is 0. The molecule has 1 aromatic carbocycles. The van der Waals surface area contributed by atoms with Crippen molar-refractivity contribution in [2.45, 2.75) is 24.2 Å². The minimum atomic E-state index is -1.98. The van der Waals surface area contributed by atoms with Crippen LogP contribution in [0.2, 0.25) is 5.02 Å². The van der Waals surface area contributed by atoms with Gasteiger partial charge in [0.2, 0.25) is 5.91 Å². The molecule has 21 heavy (non-hydrogen) atoms. The van der Waals surface area contributed by atoms with Gasteiger partial charge >= 0.3 is 0 Å². The fourth-order valence-corrected chi connectivity index (χ4v) is 4.18. The Morgan fingerprint density at radius 2 is 2.14 bits per heavy atom. The summed E-state index contributed by atoms with van der Waals surface area (Å²) in [6.07, 6.45) is 0.0354. The van der Waals surface area contributed by atoms with Gasteiger partial charge in [-0.05, 0) is 41.9 Å². The van der Waals surface area contributed by atoms with E-state index in [1.807, 2.05) is 0 Å². The topological polar surface area (TPSA) is 74.7 Å². The quantitative estimate of drug-likeness (QED) is 0.896. The zero-order valence-electron chi connectivity index (χ0n) is 11.1. The molecule has 0 aromatic heterocycles. The molecule has 5 nitrogen and oxygen atoms in total. The molecule has 1 N–H and O–H groups in total. The Kier molecular flexibility index (Phi) is 3.35. The third kappa shape index (κ3) is 1.93. The minimum absolute atomic E-state index is 0.0354. The van der Waals surface area contributed by atoms with Gasteiger partial charge in [0, 0.05) is 18.0 Å². The number of Topliss-reactive ketones (excluding diaryl/α,β-unsaturated/α-hetero) is 1. The Bertz CT molecular complexity index is 677. The Labute approximate surface area is 130 Å². The van der Waals surface area contributed by atoms with E-state index in [2.05, 4.69) is 0 Å². The van der Waals surface area contributed by atoms with Crippen molar-refractivity contribution in [1.82, 2.24) is 4.90 Å². The summed E-state index contributed by atoms with van der Waals surface area (Å²) in [5.74, 6) is -1.01. The third-order valence-corrected chi connectivity index (χ3v) is 5.32. The molecule has 1 heterocycles. The van der Waals surface area contributed by atoms with Gasteiger partial charge in [-0.3, -0.25) is 19.3 Å². The molecule has 1 aliphatic carbocycles. The lowest BCUT2D eigenvalue weighted by atomic mass is 9.90. The minimum Gasteiger partial charge on any atom is -0.376 e.